The molecular weight excluding hydrogens is 304 g/mol. The van der Waals surface area contributed by atoms with Gasteiger partial charge in [0.1, 0.15) is 0 Å². The van der Waals surface area contributed by atoms with Crippen LogP contribution in [-0.4, -0.2) is 16.9 Å². The van der Waals surface area contributed by atoms with E-state index in [2.05, 4.69) is 26.2 Å². The fraction of sp³-hybridized carbons (Fsp3) is 0.200. The van der Waals surface area contributed by atoms with Crippen LogP contribution in [0.3, 0.4) is 0 Å². The van der Waals surface area contributed by atoms with Gasteiger partial charge in [-0.25, -0.2) is 0 Å². The van der Waals surface area contributed by atoms with Crippen molar-refractivity contribution in [3.63, 3.8) is 0 Å². The minimum Gasteiger partial charge on any atom is -0.350 e. The summed E-state index contributed by atoms with van der Waals surface area (Å²) in [7, 11) is 0. The molecule has 3 nitrogen and oxygen atoms in total. The van der Waals surface area contributed by atoms with Gasteiger partial charge < -0.3 is 5.32 Å². The van der Waals surface area contributed by atoms with Gasteiger partial charge in [-0.1, -0.05) is 34.1 Å². The third-order valence-electron chi connectivity index (χ3n) is 2.61. The third-order valence-corrected chi connectivity index (χ3v) is 3.30. The fourth-order valence-corrected chi connectivity index (χ4v) is 2.27. The van der Waals surface area contributed by atoms with Gasteiger partial charge in [0.2, 0.25) is 0 Å². The monoisotopic (exact) mass is 318 g/mol. The molecule has 1 aromatic carbocycles. The van der Waals surface area contributed by atoms with Crippen molar-refractivity contribution >= 4 is 21.8 Å². The number of hydrogen-bond donors (Lipinski definition) is 1. The Morgan fingerprint density at radius 2 is 2.00 bits per heavy atom. The van der Waals surface area contributed by atoms with Crippen LogP contribution in [0.15, 0.2) is 47.2 Å². The number of carbonyl (C=O) groups is 1. The number of carbonyl (C=O) groups excluding carboxylic acids is 1. The smallest absolute Gasteiger partial charge is 0.253 e. The first kappa shape index (κ1) is 13.7. The molecule has 0 unspecified atom stereocenters. The Kier molecular flexibility index (Phi) is 4.32. The molecule has 0 fully saturated rings. The predicted molar refractivity (Wildman–Crippen MR) is 80.0 cm³/mol. The number of rotatable bonds is 3. The highest BCUT2D eigenvalue weighted by Gasteiger charge is 2.10. The second-order valence-electron chi connectivity index (χ2n) is 4.57. The van der Waals surface area contributed by atoms with Crippen molar-refractivity contribution in [2.45, 2.75) is 19.9 Å². The van der Waals surface area contributed by atoms with E-state index in [-0.39, 0.29) is 11.9 Å². The Labute approximate surface area is 121 Å². The molecule has 1 amide bonds. The maximum atomic E-state index is 12.0. The molecule has 1 aromatic heterocycles. The molecule has 98 valence electrons. The van der Waals surface area contributed by atoms with Gasteiger partial charge in [-0.3, -0.25) is 9.78 Å². The normalized spacial score (nSPS) is 10.5. The summed E-state index contributed by atoms with van der Waals surface area (Å²) >= 11 is 3.51. The molecule has 0 atom stereocenters. The molecule has 0 spiro atoms. The Bertz CT molecular complexity index is 596. The number of pyridine rings is 1. The van der Waals surface area contributed by atoms with Crippen LogP contribution in [0.2, 0.25) is 0 Å². The second-order valence-corrected chi connectivity index (χ2v) is 5.42. The van der Waals surface area contributed by atoms with Crippen LogP contribution in [-0.2, 0) is 0 Å². The summed E-state index contributed by atoms with van der Waals surface area (Å²) in [5, 5.41) is 2.86. The van der Waals surface area contributed by atoms with Crippen LogP contribution >= 0.6 is 15.9 Å². The van der Waals surface area contributed by atoms with E-state index in [0.29, 0.717) is 5.56 Å². The molecule has 0 aliphatic heterocycles. The maximum absolute atomic E-state index is 12.0. The van der Waals surface area contributed by atoms with Gasteiger partial charge in [0.15, 0.2) is 0 Å². The van der Waals surface area contributed by atoms with E-state index in [1.165, 1.54) is 0 Å². The van der Waals surface area contributed by atoms with Gasteiger partial charge >= 0.3 is 0 Å². The van der Waals surface area contributed by atoms with Crippen molar-refractivity contribution in [1.82, 2.24) is 10.3 Å². The molecular formula is C15H15BrN2O. The standard InChI is InChI=1S/C15H15BrN2O/c1-10(2)18-15(19)12-7-11(8-17-9-12)13-5-3-4-6-14(13)16/h3-10H,1-2H3,(H,18,19). The summed E-state index contributed by atoms with van der Waals surface area (Å²) in [4.78, 5) is 16.1. The molecule has 0 bridgehead atoms. The lowest BCUT2D eigenvalue weighted by molar-refractivity contribution is 0.0943. The zero-order chi connectivity index (χ0) is 13.8. The van der Waals surface area contributed by atoms with Crippen LogP contribution in [0.1, 0.15) is 24.2 Å². The maximum Gasteiger partial charge on any atom is 0.253 e. The van der Waals surface area contributed by atoms with Crippen molar-refractivity contribution < 1.29 is 4.79 Å². The van der Waals surface area contributed by atoms with Crippen molar-refractivity contribution in [3.05, 3.63) is 52.8 Å². The topological polar surface area (TPSA) is 42.0 Å². The van der Waals surface area contributed by atoms with E-state index in [9.17, 15) is 4.79 Å². The quantitative estimate of drug-likeness (QED) is 0.938. The molecule has 1 heterocycles. The largest absolute Gasteiger partial charge is 0.350 e. The number of nitrogens with zero attached hydrogens (tertiary/aromatic N) is 1. The summed E-state index contributed by atoms with van der Waals surface area (Å²) < 4.78 is 0.984. The highest BCUT2D eigenvalue weighted by atomic mass is 79.9. The third kappa shape index (κ3) is 3.41. The first-order chi connectivity index (χ1) is 9.08. The lowest BCUT2D eigenvalue weighted by Crippen LogP contribution is -2.30. The Hall–Kier alpha value is -1.68. The van der Waals surface area contributed by atoms with E-state index >= 15 is 0 Å². The van der Waals surface area contributed by atoms with Gasteiger partial charge in [0.25, 0.3) is 5.91 Å². The zero-order valence-corrected chi connectivity index (χ0v) is 12.4. The molecule has 0 aliphatic carbocycles. The van der Waals surface area contributed by atoms with E-state index in [4.69, 9.17) is 0 Å². The van der Waals surface area contributed by atoms with Crippen molar-refractivity contribution in [3.8, 4) is 11.1 Å². The lowest BCUT2D eigenvalue weighted by Gasteiger charge is -2.09. The number of amides is 1. The molecule has 2 aromatic rings. The highest BCUT2D eigenvalue weighted by molar-refractivity contribution is 9.10. The molecule has 4 heteroatoms. The first-order valence-corrected chi connectivity index (χ1v) is 6.88. The van der Waals surface area contributed by atoms with Crippen molar-refractivity contribution in [2.24, 2.45) is 0 Å². The minimum atomic E-state index is -0.101. The number of nitrogens with one attached hydrogen (secondary N) is 1. The van der Waals surface area contributed by atoms with Gasteiger partial charge in [-0.05, 0) is 31.5 Å². The van der Waals surface area contributed by atoms with Gasteiger partial charge in [-0.15, -0.1) is 0 Å². The predicted octanol–water partition coefficient (Wildman–Crippen LogP) is 3.65. The van der Waals surface area contributed by atoms with E-state index < -0.39 is 0 Å². The average molecular weight is 319 g/mol. The van der Waals surface area contributed by atoms with E-state index in [1.54, 1.807) is 12.4 Å². The molecule has 0 radical (unpaired) electrons. The summed E-state index contributed by atoms with van der Waals surface area (Å²) in [5.41, 5.74) is 2.51. The summed E-state index contributed by atoms with van der Waals surface area (Å²) in [6.45, 7) is 3.87. The second kappa shape index (κ2) is 5.97. The zero-order valence-electron chi connectivity index (χ0n) is 10.9. The average Bonchev–Trinajstić information content (AvgIpc) is 2.38. The molecule has 1 N–H and O–H groups in total. The molecule has 19 heavy (non-hydrogen) atoms. The van der Waals surface area contributed by atoms with Crippen molar-refractivity contribution in [1.29, 1.82) is 0 Å². The highest BCUT2D eigenvalue weighted by Crippen LogP contribution is 2.27. The number of aromatic nitrogens is 1. The summed E-state index contributed by atoms with van der Waals surface area (Å²) in [5.74, 6) is -0.101. The SMILES string of the molecule is CC(C)NC(=O)c1cncc(-c2ccccc2Br)c1. The summed E-state index contributed by atoms with van der Waals surface area (Å²) in [6, 6.07) is 9.84. The van der Waals surface area contributed by atoms with Crippen LogP contribution in [0.4, 0.5) is 0 Å². The van der Waals surface area contributed by atoms with Crippen LogP contribution < -0.4 is 5.32 Å². The fourth-order valence-electron chi connectivity index (χ4n) is 1.75. The Balaban J connectivity index is 2.35. The molecule has 2 rings (SSSR count). The van der Waals surface area contributed by atoms with Crippen LogP contribution in [0, 0.1) is 0 Å². The van der Waals surface area contributed by atoms with Gasteiger partial charge in [0, 0.05) is 28.5 Å². The molecule has 0 saturated heterocycles. The van der Waals surface area contributed by atoms with Gasteiger partial charge in [0.05, 0.1) is 5.56 Å². The van der Waals surface area contributed by atoms with Crippen LogP contribution in [0.25, 0.3) is 11.1 Å². The molecule has 0 saturated carbocycles. The van der Waals surface area contributed by atoms with E-state index in [0.717, 1.165) is 15.6 Å². The number of hydrogen-bond acceptors (Lipinski definition) is 2. The summed E-state index contributed by atoms with van der Waals surface area (Å²) in [6.07, 6.45) is 3.34. The molecule has 0 aliphatic rings. The van der Waals surface area contributed by atoms with E-state index in [1.807, 2.05) is 44.2 Å². The van der Waals surface area contributed by atoms with Crippen molar-refractivity contribution in [2.75, 3.05) is 0 Å². The Morgan fingerprint density at radius 1 is 1.26 bits per heavy atom. The lowest BCUT2D eigenvalue weighted by atomic mass is 10.1. The number of benzene rings is 1. The Morgan fingerprint density at radius 3 is 2.68 bits per heavy atom. The van der Waals surface area contributed by atoms with Crippen LogP contribution in [0.5, 0.6) is 0 Å². The minimum absolute atomic E-state index is 0.101. The first-order valence-electron chi connectivity index (χ1n) is 6.08. The van der Waals surface area contributed by atoms with Gasteiger partial charge in [-0.2, -0.15) is 0 Å². The number of halogens is 1.